The quantitative estimate of drug-likeness (QED) is 0.749. The van der Waals surface area contributed by atoms with Crippen LogP contribution in [0.2, 0.25) is 0 Å². The molecular weight excluding hydrogens is 417 g/mol. The first-order chi connectivity index (χ1) is 7.74. The van der Waals surface area contributed by atoms with Crippen LogP contribution in [-0.4, -0.2) is 16.1 Å². The molecule has 17 heavy (non-hydrogen) atoms. The van der Waals surface area contributed by atoms with Gasteiger partial charge in [0.05, 0.1) is 0 Å². The minimum atomic E-state index is -0.856. The first-order valence-electron chi connectivity index (χ1n) is 4.61. The molecule has 3 nitrogen and oxygen atoms in total. The zero-order valence-corrected chi connectivity index (χ0v) is 12.0. The standard InChI is InChI=1S/C9H6NS.C3H5O2.Pt/c1-2-6-10-8(4-1)9-5-3-7-11-9;1-2-3(4)5;/h1-4,6-7H;1-2H2,(H,4,5);/q2*-1;+2. The average molecular weight is 428 g/mol. The van der Waals surface area contributed by atoms with Gasteiger partial charge in [-0.25, -0.2) is 11.3 Å². The van der Waals surface area contributed by atoms with Gasteiger partial charge in [0.1, 0.15) is 0 Å². The fourth-order valence-electron chi connectivity index (χ4n) is 0.877. The van der Waals surface area contributed by atoms with Crippen molar-refractivity contribution < 1.29 is 31.0 Å². The molecule has 0 atom stereocenters. The fourth-order valence-corrected chi connectivity index (χ4v) is 1.53. The molecule has 2 aromatic rings. The van der Waals surface area contributed by atoms with Gasteiger partial charge in [-0.3, -0.25) is 4.79 Å². The largest absolute Gasteiger partial charge is 2.00 e. The van der Waals surface area contributed by atoms with Gasteiger partial charge in [0.2, 0.25) is 0 Å². The van der Waals surface area contributed by atoms with Crippen LogP contribution in [0.15, 0.2) is 35.8 Å². The number of carboxylic acids is 1. The molecular formula is C12H11NO2PtS. The molecule has 0 aromatic carbocycles. The van der Waals surface area contributed by atoms with Crippen molar-refractivity contribution in [3.63, 3.8) is 0 Å². The Morgan fingerprint density at radius 3 is 2.65 bits per heavy atom. The number of aromatic nitrogens is 1. The number of nitrogens with zero attached hydrogens (tertiary/aromatic N) is 1. The molecule has 2 heterocycles. The summed E-state index contributed by atoms with van der Waals surface area (Å²) in [5, 5.41) is 9.66. The van der Waals surface area contributed by atoms with Crippen LogP contribution in [0.25, 0.3) is 10.6 Å². The van der Waals surface area contributed by atoms with Gasteiger partial charge in [-0.05, 0) is 11.8 Å². The number of thiophene rings is 1. The van der Waals surface area contributed by atoms with Gasteiger partial charge in [-0.15, -0.1) is 5.38 Å². The van der Waals surface area contributed by atoms with Gasteiger partial charge in [0, 0.05) is 6.20 Å². The summed E-state index contributed by atoms with van der Waals surface area (Å²) in [4.78, 5) is 14.6. The molecule has 2 aromatic heterocycles. The van der Waals surface area contributed by atoms with Crippen molar-refractivity contribution in [3.8, 4) is 10.6 Å². The van der Waals surface area contributed by atoms with Crippen molar-refractivity contribution in [2.75, 3.05) is 0 Å². The minimum absolute atomic E-state index is 0. The van der Waals surface area contributed by atoms with E-state index in [1.165, 1.54) is 0 Å². The summed E-state index contributed by atoms with van der Waals surface area (Å²) in [6.07, 6.45) is 1.77. The Balaban J connectivity index is 0.000000373. The second-order valence-electron chi connectivity index (χ2n) is 2.75. The van der Waals surface area contributed by atoms with Crippen LogP contribution in [0, 0.1) is 13.0 Å². The second-order valence-corrected chi connectivity index (χ2v) is 3.67. The molecule has 0 amide bonds. The minimum Gasteiger partial charge on any atom is -0.483 e. The Labute approximate surface area is 119 Å². The third-order valence-corrected chi connectivity index (χ3v) is 2.41. The van der Waals surface area contributed by atoms with Crippen molar-refractivity contribution >= 4 is 17.3 Å². The Bertz CT molecular complexity index is 417. The maximum Gasteiger partial charge on any atom is 2.00 e. The SMILES string of the molecule is [CH2-]CC(=O)O.[Pt+2].[c-]1ccsc1-c1ccccn1. The second kappa shape index (κ2) is 9.08. The topological polar surface area (TPSA) is 50.2 Å². The summed E-state index contributed by atoms with van der Waals surface area (Å²) in [7, 11) is 0. The van der Waals surface area contributed by atoms with Gasteiger partial charge >= 0.3 is 21.1 Å². The van der Waals surface area contributed by atoms with Crippen LogP contribution >= 0.6 is 11.3 Å². The number of carbonyl (C=O) groups is 1. The number of rotatable bonds is 2. The molecule has 0 fully saturated rings. The number of hydrogen-bond donors (Lipinski definition) is 1. The van der Waals surface area contributed by atoms with Gasteiger partial charge < -0.3 is 17.0 Å². The maximum atomic E-state index is 9.31. The van der Waals surface area contributed by atoms with Crippen LogP contribution in [0.3, 0.4) is 0 Å². The van der Waals surface area contributed by atoms with Crippen molar-refractivity contribution in [3.05, 3.63) is 48.8 Å². The number of carboxylic acid groups (broad SMARTS) is 1. The average Bonchev–Trinajstić information content (AvgIpc) is 2.84. The smallest absolute Gasteiger partial charge is 0.483 e. The normalized spacial score (nSPS) is 8.53. The van der Waals surface area contributed by atoms with E-state index >= 15 is 0 Å². The maximum absolute atomic E-state index is 9.31. The van der Waals surface area contributed by atoms with Crippen molar-refractivity contribution in [1.82, 2.24) is 4.98 Å². The first kappa shape index (κ1) is 16.0. The molecule has 0 saturated carbocycles. The van der Waals surface area contributed by atoms with Crippen LogP contribution in [0.5, 0.6) is 0 Å². The summed E-state index contributed by atoms with van der Waals surface area (Å²) >= 11 is 1.66. The van der Waals surface area contributed by atoms with E-state index in [0.717, 1.165) is 10.6 Å². The first-order valence-corrected chi connectivity index (χ1v) is 5.49. The molecule has 0 spiro atoms. The monoisotopic (exact) mass is 428 g/mol. The van der Waals surface area contributed by atoms with E-state index in [1.54, 1.807) is 17.5 Å². The van der Waals surface area contributed by atoms with Crippen LogP contribution in [0.1, 0.15) is 6.42 Å². The zero-order chi connectivity index (χ0) is 11.8. The third-order valence-electron chi connectivity index (χ3n) is 1.58. The van der Waals surface area contributed by atoms with E-state index in [4.69, 9.17) is 5.11 Å². The summed E-state index contributed by atoms with van der Waals surface area (Å²) in [5.74, 6) is -0.856. The number of pyridine rings is 1. The van der Waals surface area contributed by atoms with Gasteiger partial charge in [0.15, 0.2) is 0 Å². The molecule has 0 aliphatic rings. The Kier molecular flexibility index (Phi) is 8.55. The van der Waals surface area contributed by atoms with Gasteiger partial charge in [0.25, 0.3) is 5.97 Å². The van der Waals surface area contributed by atoms with E-state index in [9.17, 15) is 4.79 Å². The Morgan fingerprint density at radius 2 is 2.24 bits per heavy atom. The van der Waals surface area contributed by atoms with Crippen molar-refractivity contribution in [1.29, 1.82) is 0 Å². The van der Waals surface area contributed by atoms with Crippen LogP contribution in [0.4, 0.5) is 0 Å². The summed E-state index contributed by atoms with van der Waals surface area (Å²) in [5.41, 5.74) is 1.00. The molecule has 1 N–H and O–H groups in total. The van der Waals surface area contributed by atoms with Crippen molar-refractivity contribution in [2.24, 2.45) is 0 Å². The van der Waals surface area contributed by atoms with E-state index in [-0.39, 0.29) is 27.5 Å². The van der Waals surface area contributed by atoms with E-state index in [1.807, 2.05) is 29.6 Å². The molecule has 0 bridgehead atoms. The number of aliphatic carboxylic acids is 1. The summed E-state index contributed by atoms with van der Waals surface area (Å²) in [6.45, 7) is 3.09. The summed E-state index contributed by atoms with van der Waals surface area (Å²) < 4.78 is 0. The molecule has 92 valence electrons. The number of hydrogen-bond acceptors (Lipinski definition) is 3. The molecule has 0 aliphatic carbocycles. The predicted octanol–water partition coefficient (Wildman–Crippen LogP) is 2.90. The summed E-state index contributed by atoms with van der Waals surface area (Å²) in [6, 6.07) is 10.9. The van der Waals surface area contributed by atoms with E-state index in [0.29, 0.717) is 0 Å². The molecule has 2 rings (SSSR count). The van der Waals surface area contributed by atoms with Crippen LogP contribution < -0.4 is 0 Å². The third kappa shape index (κ3) is 6.34. The molecule has 0 aliphatic heterocycles. The zero-order valence-electron chi connectivity index (χ0n) is 8.91. The van der Waals surface area contributed by atoms with Gasteiger partial charge in [-0.1, -0.05) is 23.4 Å². The Morgan fingerprint density at radius 1 is 1.53 bits per heavy atom. The fraction of sp³-hybridized carbons (Fsp3) is 0.0833. The van der Waals surface area contributed by atoms with Crippen LogP contribution in [-0.2, 0) is 25.9 Å². The van der Waals surface area contributed by atoms with E-state index < -0.39 is 5.97 Å². The molecule has 0 unspecified atom stereocenters. The van der Waals surface area contributed by atoms with Crippen molar-refractivity contribution in [2.45, 2.75) is 6.42 Å². The van der Waals surface area contributed by atoms with Gasteiger partial charge in [-0.2, -0.15) is 12.1 Å². The molecule has 5 heteroatoms. The predicted molar refractivity (Wildman–Crippen MR) is 64.0 cm³/mol. The molecule has 0 radical (unpaired) electrons. The molecule has 0 saturated heterocycles. The Hall–Kier alpha value is -0.992. The van der Waals surface area contributed by atoms with E-state index in [2.05, 4.69) is 18.0 Å².